The lowest BCUT2D eigenvalue weighted by Gasteiger charge is -2.34. The average Bonchev–Trinajstić information content (AvgIpc) is 2.25. The smallest absolute Gasteiger partial charge is 0.223 e. The fourth-order valence-corrected chi connectivity index (χ4v) is 2.20. The van der Waals surface area contributed by atoms with Gasteiger partial charge in [0.15, 0.2) is 0 Å². The Bertz CT molecular complexity index is 367. The number of hydrogen-bond donors (Lipinski definition) is 1. The Morgan fingerprint density at radius 3 is 2.76 bits per heavy atom. The van der Waals surface area contributed by atoms with E-state index < -0.39 is 9.84 Å². The predicted octanol–water partition coefficient (Wildman–Crippen LogP) is -1.00. The van der Waals surface area contributed by atoms with Crippen LogP contribution in [0.1, 0.15) is 13.3 Å². The lowest BCUT2D eigenvalue weighted by molar-refractivity contribution is -0.138. The molecular formula is C10H20N2O4S. The highest BCUT2D eigenvalue weighted by molar-refractivity contribution is 7.90. The van der Waals surface area contributed by atoms with Crippen molar-refractivity contribution in [3.8, 4) is 0 Å². The monoisotopic (exact) mass is 264 g/mol. The number of nitrogens with two attached hydrogens (primary N) is 1. The van der Waals surface area contributed by atoms with Gasteiger partial charge in [-0.3, -0.25) is 4.79 Å². The maximum absolute atomic E-state index is 11.8. The molecule has 7 heteroatoms. The minimum Gasteiger partial charge on any atom is -0.373 e. The molecule has 2 atom stereocenters. The van der Waals surface area contributed by atoms with Gasteiger partial charge in [-0.2, -0.15) is 0 Å². The Hall–Kier alpha value is -0.660. The summed E-state index contributed by atoms with van der Waals surface area (Å²) in [7, 11) is -3.09. The van der Waals surface area contributed by atoms with Crippen molar-refractivity contribution in [3.05, 3.63) is 0 Å². The summed E-state index contributed by atoms with van der Waals surface area (Å²) in [5, 5.41) is 0. The van der Waals surface area contributed by atoms with E-state index in [-0.39, 0.29) is 30.2 Å². The Balaban J connectivity index is 2.46. The third-order valence-electron chi connectivity index (χ3n) is 2.72. The largest absolute Gasteiger partial charge is 0.373 e. The number of morpholine rings is 1. The summed E-state index contributed by atoms with van der Waals surface area (Å²) >= 11 is 0. The Kier molecular flexibility index (Phi) is 4.91. The molecule has 0 radical (unpaired) electrons. The molecule has 0 aromatic heterocycles. The number of carbonyl (C=O) groups is 1. The van der Waals surface area contributed by atoms with E-state index in [0.29, 0.717) is 19.7 Å². The van der Waals surface area contributed by atoms with Crippen LogP contribution in [0.5, 0.6) is 0 Å². The molecule has 1 rings (SSSR count). The van der Waals surface area contributed by atoms with Crippen molar-refractivity contribution in [1.29, 1.82) is 0 Å². The maximum Gasteiger partial charge on any atom is 0.223 e. The topological polar surface area (TPSA) is 89.7 Å². The number of amides is 1. The van der Waals surface area contributed by atoms with Gasteiger partial charge in [0, 0.05) is 31.8 Å². The first kappa shape index (κ1) is 14.4. The van der Waals surface area contributed by atoms with Gasteiger partial charge in [-0.25, -0.2) is 8.42 Å². The zero-order valence-electron chi connectivity index (χ0n) is 10.3. The highest BCUT2D eigenvalue weighted by Gasteiger charge is 2.26. The fraction of sp³-hybridized carbons (Fsp3) is 0.900. The second-order valence-corrected chi connectivity index (χ2v) is 6.75. The number of hydrogen-bond acceptors (Lipinski definition) is 5. The van der Waals surface area contributed by atoms with E-state index >= 15 is 0 Å². The average molecular weight is 264 g/mol. The predicted molar refractivity (Wildman–Crippen MR) is 64.3 cm³/mol. The van der Waals surface area contributed by atoms with Gasteiger partial charge in [0.05, 0.1) is 18.5 Å². The molecule has 1 aliphatic heterocycles. The second-order valence-electron chi connectivity index (χ2n) is 4.49. The summed E-state index contributed by atoms with van der Waals surface area (Å²) in [6.45, 7) is 3.23. The molecule has 1 fully saturated rings. The molecule has 0 aromatic carbocycles. The van der Waals surface area contributed by atoms with Crippen LogP contribution >= 0.6 is 0 Å². The van der Waals surface area contributed by atoms with Crippen molar-refractivity contribution < 1.29 is 17.9 Å². The summed E-state index contributed by atoms with van der Waals surface area (Å²) < 4.78 is 27.4. The second kappa shape index (κ2) is 5.79. The molecule has 17 heavy (non-hydrogen) atoms. The van der Waals surface area contributed by atoms with Crippen molar-refractivity contribution >= 4 is 15.7 Å². The van der Waals surface area contributed by atoms with Gasteiger partial charge in [0.25, 0.3) is 0 Å². The van der Waals surface area contributed by atoms with Crippen LogP contribution in [-0.2, 0) is 19.4 Å². The Morgan fingerprint density at radius 2 is 2.24 bits per heavy atom. The van der Waals surface area contributed by atoms with Gasteiger partial charge in [0.1, 0.15) is 9.84 Å². The lowest BCUT2D eigenvalue weighted by atomic mass is 10.1. The first-order chi connectivity index (χ1) is 7.79. The van der Waals surface area contributed by atoms with Crippen LogP contribution in [-0.4, -0.2) is 63.1 Å². The van der Waals surface area contributed by atoms with Crippen molar-refractivity contribution in [1.82, 2.24) is 4.90 Å². The van der Waals surface area contributed by atoms with E-state index in [9.17, 15) is 13.2 Å². The van der Waals surface area contributed by atoms with Gasteiger partial charge in [-0.1, -0.05) is 0 Å². The summed E-state index contributed by atoms with van der Waals surface area (Å²) in [5.41, 5.74) is 5.71. The number of nitrogens with zero attached hydrogens (tertiary/aromatic N) is 1. The van der Waals surface area contributed by atoms with E-state index in [2.05, 4.69) is 0 Å². The molecule has 0 bridgehead atoms. The van der Waals surface area contributed by atoms with Gasteiger partial charge in [0.2, 0.25) is 5.91 Å². The van der Waals surface area contributed by atoms with Crippen LogP contribution in [0.2, 0.25) is 0 Å². The normalized spacial score (nSPS) is 23.5. The van der Waals surface area contributed by atoms with Crippen LogP contribution in [0.15, 0.2) is 0 Å². The molecule has 1 heterocycles. The zero-order chi connectivity index (χ0) is 13.1. The summed E-state index contributed by atoms with van der Waals surface area (Å²) in [4.78, 5) is 13.4. The molecule has 100 valence electrons. The van der Waals surface area contributed by atoms with Crippen molar-refractivity contribution in [3.63, 3.8) is 0 Å². The minimum atomic E-state index is -3.09. The number of rotatable bonds is 4. The van der Waals surface area contributed by atoms with Crippen molar-refractivity contribution in [2.24, 2.45) is 5.73 Å². The van der Waals surface area contributed by atoms with E-state index in [1.807, 2.05) is 6.92 Å². The molecule has 0 aromatic rings. The molecule has 1 amide bonds. The molecule has 6 nitrogen and oxygen atoms in total. The summed E-state index contributed by atoms with van der Waals surface area (Å²) in [5.74, 6) is -0.254. The summed E-state index contributed by atoms with van der Waals surface area (Å²) in [6, 6.07) is -0.138. The van der Waals surface area contributed by atoms with Gasteiger partial charge >= 0.3 is 0 Å². The highest BCUT2D eigenvalue weighted by atomic mass is 32.2. The van der Waals surface area contributed by atoms with E-state index in [1.165, 1.54) is 0 Å². The van der Waals surface area contributed by atoms with E-state index in [1.54, 1.807) is 4.90 Å². The molecule has 0 aliphatic carbocycles. The van der Waals surface area contributed by atoms with Crippen LogP contribution in [0, 0.1) is 0 Å². The van der Waals surface area contributed by atoms with Gasteiger partial charge in [-0.05, 0) is 6.92 Å². The van der Waals surface area contributed by atoms with E-state index in [0.717, 1.165) is 6.26 Å². The third kappa shape index (κ3) is 5.01. The van der Waals surface area contributed by atoms with Crippen LogP contribution < -0.4 is 5.73 Å². The first-order valence-corrected chi connectivity index (χ1v) is 7.68. The van der Waals surface area contributed by atoms with Crippen LogP contribution in [0.25, 0.3) is 0 Å². The van der Waals surface area contributed by atoms with Crippen LogP contribution in [0.4, 0.5) is 0 Å². The molecule has 1 aliphatic rings. The molecule has 1 saturated heterocycles. The molecule has 2 N–H and O–H groups in total. The quantitative estimate of drug-likeness (QED) is 0.703. The third-order valence-corrected chi connectivity index (χ3v) is 3.67. The maximum atomic E-state index is 11.8. The molecule has 2 unspecified atom stereocenters. The Morgan fingerprint density at radius 1 is 1.59 bits per heavy atom. The SMILES string of the molecule is CC(N)C1CN(C(=O)CCS(C)(=O)=O)CCO1. The molecular weight excluding hydrogens is 244 g/mol. The van der Waals surface area contributed by atoms with Gasteiger partial charge < -0.3 is 15.4 Å². The number of carbonyl (C=O) groups excluding carboxylic acids is 1. The summed E-state index contributed by atoms with van der Waals surface area (Å²) in [6.07, 6.45) is 1.00. The van der Waals surface area contributed by atoms with Crippen LogP contribution in [0.3, 0.4) is 0 Å². The number of sulfone groups is 1. The van der Waals surface area contributed by atoms with Crippen molar-refractivity contribution in [2.45, 2.75) is 25.5 Å². The molecule has 0 saturated carbocycles. The Labute approximate surface area is 102 Å². The molecule has 0 spiro atoms. The van der Waals surface area contributed by atoms with Crippen molar-refractivity contribution in [2.75, 3.05) is 31.7 Å². The standard InChI is InChI=1S/C10H20N2O4S/c1-8(11)9-7-12(4-5-16-9)10(13)3-6-17(2,14)15/h8-9H,3-7,11H2,1-2H3. The fourth-order valence-electron chi connectivity index (χ4n) is 1.65. The van der Waals surface area contributed by atoms with E-state index in [4.69, 9.17) is 10.5 Å². The highest BCUT2D eigenvalue weighted by Crippen LogP contribution is 2.09. The number of ether oxygens (including phenoxy) is 1. The first-order valence-electron chi connectivity index (χ1n) is 5.62. The van der Waals surface area contributed by atoms with Gasteiger partial charge in [-0.15, -0.1) is 0 Å². The zero-order valence-corrected chi connectivity index (χ0v) is 11.1. The lowest BCUT2D eigenvalue weighted by Crippen LogP contribution is -2.51. The minimum absolute atomic E-state index is 0.0322.